The number of para-hydroxylation sites is 2. The number of benzene rings is 3. The lowest BCUT2D eigenvalue weighted by atomic mass is 10.1. The van der Waals surface area contributed by atoms with Gasteiger partial charge in [0, 0.05) is 17.8 Å². The van der Waals surface area contributed by atoms with Gasteiger partial charge in [0.25, 0.3) is 5.91 Å². The first-order valence-corrected chi connectivity index (χ1v) is 10.6. The minimum absolute atomic E-state index is 0.107. The predicted molar refractivity (Wildman–Crippen MR) is 128 cm³/mol. The molecule has 6 nitrogen and oxygen atoms in total. The standard InChI is InChI=1S/C26H29N3O3/c1-4-19-9-11-20(12-10-19)17-29(2)18-25(30)27-22-15-13-21(14-16-22)26(31)28-23-7-5-6-8-24(23)32-3/h5-16H,4,17-18H2,1-3H3,(H,27,30)(H,28,31). The first kappa shape index (κ1) is 23.0. The second-order valence-electron chi connectivity index (χ2n) is 7.62. The van der Waals surface area contributed by atoms with Crippen LogP contribution in [0.2, 0.25) is 0 Å². The molecule has 3 aromatic carbocycles. The number of aryl methyl sites for hydroxylation is 1. The molecule has 0 aliphatic carbocycles. The normalized spacial score (nSPS) is 10.6. The Balaban J connectivity index is 1.51. The van der Waals surface area contributed by atoms with Crippen LogP contribution in [0.3, 0.4) is 0 Å². The number of rotatable bonds is 9. The van der Waals surface area contributed by atoms with E-state index in [0.717, 1.165) is 6.42 Å². The zero-order valence-electron chi connectivity index (χ0n) is 18.7. The van der Waals surface area contributed by atoms with Gasteiger partial charge in [0.15, 0.2) is 0 Å². The summed E-state index contributed by atoms with van der Waals surface area (Å²) in [6, 6.07) is 22.5. The third-order valence-corrected chi connectivity index (χ3v) is 5.08. The van der Waals surface area contributed by atoms with Gasteiger partial charge in [0.2, 0.25) is 5.91 Å². The maximum absolute atomic E-state index is 12.5. The molecular weight excluding hydrogens is 402 g/mol. The summed E-state index contributed by atoms with van der Waals surface area (Å²) >= 11 is 0. The van der Waals surface area contributed by atoms with E-state index in [0.29, 0.717) is 29.2 Å². The number of amides is 2. The van der Waals surface area contributed by atoms with Crippen LogP contribution in [0.5, 0.6) is 5.75 Å². The maximum Gasteiger partial charge on any atom is 0.255 e. The van der Waals surface area contributed by atoms with Crippen molar-refractivity contribution in [2.24, 2.45) is 0 Å². The third kappa shape index (κ3) is 6.43. The van der Waals surface area contributed by atoms with E-state index >= 15 is 0 Å². The van der Waals surface area contributed by atoms with Crippen molar-refractivity contribution in [3.63, 3.8) is 0 Å². The number of nitrogens with one attached hydrogen (secondary N) is 2. The van der Waals surface area contributed by atoms with Gasteiger partial charge in [-0.25, -0.2) is 0 Å². The van der Waals surface area contributed by atoms with Gasteiger partial charge in [-0.2, -0.15) is 0 Å². The van der Waals surface area contributed by atoms with E-state index in [1.54, 1.807) is 43.5 Å². The van der Waals surface area contributed by atoms with Crippen molar-refractivity contribution in [1.82, 2.24) is 4.90 Å². The van der Waals surface area contributed by atoms with E-state index in [1.165, 1.54) is 11.1 Å². The number of carbonyl (C=O) groups excluding carboxylic acids is 2. The highest BCUT2D eigenvalue weighted by molar-refractivity contribution is 6.05. The maximum atomic E-state index is 12.5. The fourth-order valence-corrected chi connectivity index (χ4v) is 3.34. The Hall–Kier alpha value is -3.64. The molecule has 0 aliphatic heterocycles. The van der Waals surface area contributed by atoms with E-state index in [2.05, 4.69) is 41.8 Å². The SMILES string of the molecule is CCc1ccc(CN(C)CC(=O)Nc2ccc(C(=O)Nc3ccccc3OC)cc2)cc1. The van der Waals surface area contributed by atoms with Crippen molar-refractivity contribution in [3.05, 3.63) is 89.5 Å². The molecule has 0 aromatic heterocycles. The van der Waals surface area contributed by atoms with Gasteiger partial charge in [-0.3, -0.25) is 14.5 Å². The highest BCUT2D eigenvalue weighted by atomic mass is 16.5. The molecule has 6 heteroatoms. The van der Waals surface area contributed by atoms with E-state index in [1.807, 2.05) is 24.1 Å². The Kier molecular flexibility index (Phi) is 8.00. The number of hydrogen-bond donors (Lipinski definition) is 2. The Morgan fingerprint density at radius 3 is 2.19 bits per heavy atom. The van der Waals surface area contributed by atoms with Crippen molar-refractivity contribution >= 4 is 23.2 Å². The summed E-state index contributed by atoms with van der Waals surface area (Å²) in [5.41, 5.74) is 4.20. The number of likely N-dealkylation sites (N-methyl/N-ethyl adjacent to an activating group) is 1. The number of carbonyl (C=O) groups is 2. The third-order valence-electron chi connectivity index (χ3n) is 5.08. The molecular formula is C26H29N3O3. The van der Waals surface area contributed by atoms with E-state index in [4.69, 9.17) is 4.74 Å². The molecule has 0 radical (unpaired) electrons. The molecule has 166 valence electrons. The molecule has 0 fully saturated rings. The lowest BCUT2D eigenvalue weighted by Crippen LogP contribution is -2.29. The molecule has 3 rings (SSSR count). The number of ether oxygens (including phenoxy) is 1. The lowest BCUT2D eigenvalue weighted by molar-refractivity contribution is -0.117. The fraction of sp³-hybridized carbons (Fsp3) is 0.231. The van der Waals surface area contributed by atoms with Gasteiger partial charge in [-0.05, 0) is 61.0 Å². The zero-order chi connectivity index (χ0) is 22.9. The summed E-state index contributed by atoms with van der Waals surface area (Å²) in [4.78, 5) is 26.9. The van der Waals surface area contributed by atoms with Crippen molar-refractivity contribution in [3.8, 4) is 5.75 Å². The van der Waals surface area contributed by atoms with E-state index in [-0.39, 0.29) is 18.4 Å². The molecule has 2 amide bonds. The molecule has 0 unspecified atom stereocenters. The highest BCUT2D eigenvalue weighted by Crippen LogP contribution is 2.23. The Labute approximate surface area is 189 Å². The van der Waals surface area contributed by atoms with Crippen LogP contribution in [0.25, 0.3) is 0 Å². The molecule has 0 atom stereocenters. The van der Waals surface area contributed by atoms with Crippen LogP contribution in [-0.4, -0.2) is 37.4 Å². The average molecular weight is 432 g/mol. The molecule has 0 saturated heterocycles. The second kappa shape index (κ2) is 11.1. The second-order valence-corrected chi connectivity index (χ2v) is 7.62. The van der Waals surface area contributed by atoms with Gasteiger partial charge in [-0.1, -0.05) is 43.3 Å². The van der Waals surface area contributed by atoms with Crippen LogP contribution >= 0.6 is 0 Å². The van der Waals surface area contributed by atoms with E-state index in [9.17, 15) is 9.59 Å². The van der Waals surface area contributed by atoms with E-state index < -0.39 is 0 Å². The van der Waals surface area contributed by atoms with Gasteiger partial charge in [-0.15, -0.1) is 0 Å². The van der Waals surface area contributed by atoms with Crippen molar-refractivity contribution in [2.75, 3.05) is 31.3 Å². The molecule has 0 aliphatic rings. The molecule has 3 aromatic rings. The lowest BCUT2D eigenvalue weighted by Gasteiger charge is -2.16. The number of hydrogen-bond acceptors (Lipinski definition) is 4. The van der Waals surface area contributed by atoms with Crippen LogP contribution in [0.1, 0.15) is 28.4 Å². The molecule has 0 saturated carbocycles. The minimum atomic E-state index is -0.249. The monoisotopic (exact) mass is 431 g/mol. The van der Waals surface area contributed by atoms with Gasteiger partial charge < -0.3 is 15.4 Å². The van der Waals surface area contributed by atoms with Gasteiger partial charge in [0.05, 0.1) is 19.3 Å². The number of anilines is 2. The quantitative estimate of drug-likeness (QED) is 0.520. The zero-order valence-corrected chi connectivity index (χ0v) is 18.7. The first-order valence-electron chi connectivity index (χ1n) is 10.6. The van der Waals surface area contributed by atoms with Crippen molar-refractivity contribution in [2.45, 2.75) is 19.9 Å². The number of nitrogens with zero attached hydrogens (tertiary/aromatic N) is 1. The summed E-state index contributed by atoms with van der Waals surface area (Å²) in [7, 11) is 3.47. The molecule has 2 N–H and O–H groups in total. The molecule has 0 bridgehead atoms. The first-order chi connectivity index (χ1) is 15.5. The van der Waals surface area contributed by atoms with Crippen LogP contribution in [0.15, 0.2) is 72.8 Å². The van der Waals surface area contributed by atoms with Gasteiger partial charge >= 0.3 is 0 Å². The Morgan fingerprint density at radius 2 is 1.53 bits per heavy atom. The van der Waals surface area contributed by atoms with Crippen molar-refractivity contribution < 1.29 is 14.3 Å². The van der Waals surface area contributed by atoms with Crippen molar-refractivity contribution in [1.29, 1.82) is 0 Å². The average Bonchev–Trinajstić information content (AvgIpc) is 2.80. The molecule has 32 heavy (non-hydrogen) atoms. The Bertz CT molecular complexity index is 1050. The Morgan fingerprint density at radius 1 is 0.875 bits per heavy atom. The van der Waals surface area contributed by atoms with Crippen LogP contribution in [0.4, 0.5) is 11.4 Å². The largest absolute Gasteiger partial charge is 0.495 e. The molecule has 0 spiro atoms. The summed E-state index contributed by atoms with van der Waals surface area (Å²) in [5, 5.41) is 5.72. The van der Waals surface area contributed by atoms with Crippen LogP contribution in [0, 0.1) is 0 Å². The van der Waals surface area contributed by atoms with Crippen LogP contribution < -0.4 is 15.4 Å². The minimum Gasteiger partial charge on any atom is -0.495 e. The topological polar surface area (TPSA) is 70.7 Å². The molecule has 0 heterocycles. The summed E-state index contributed by atoms with van der Waals surface area (Å²) in [6.07, 6.45) is 1.01. The predicted octanol–water partition coefficient (Wildman–Crippen LogP) is 4.58. The summed E-state index contributed by atoms with van der Waals surface area (Å²) in [6.45, 7) is 3.09. The summed E-state index contributed by atoms with van der Waals surface area (Å²) in [5.74, 6) is 0.236. The fourth-order valence-electron chi connectivity index (χ4n) is 3.34. The highest BCUT2D eigenvalue weighted by Gasteiger charge is 2.11. The van der Waals surface area contributed by atoms with Gasteiger partial charge in [0.1, 0.15) is 5.75 Å². The number of methoxy groups -OCH3 is 1. The van der Waals surface area contributed by atoms with Crippen LogP contribution in [-0.2, 0) is 17.8 Å². The smallest absolute Gasteiger partial charge is 0.255 e. The summed E-state index contributed by atoms with van der Waals surface area (Å²) < 4.78 is 5.26.